The zero-order valence-electron chi connectivity index (χ0n) is 11.9. The highest BCUT2D eigenvalue weighted by Gasteiger charge is 2.26. The van der Waals surface area contributed by atoms with Crippen molar-refractivity contribution in [2.24, 2.45) is 5.92 Å². The van der Waals surface area contributed by atoms with Gasteiger partial charge in [-0.1, -0.05) is 13.8 Å². The fraction of sp³-hybridized carbons (Fsp3) is 0.500. The molecule has 9 heteroatoms. The highest BCUT2D eigenvalue weighted by molar-refractivity contribution is 7.91. The summed E-state index contributed by atoms with van der Waals surface area (Å²) in [5, 5.41) is 9.14. The van der Waals surface area contributed by atoms with Gasteiger partial charge >= 0.3 is 0 Å². The minimum Gasteiger partial charge on any atom is -0.395 e. The van der Waals surface area contributed by atoms with Crippen LogP contribution in [0, 0.1) is 11.7 Å². The van der Waals surface area contributed by atoms with E-state index in [2.05, 4.69) is 4.72 Å². The molecule has 0 spiro atoms. The van der Waals surface area contributed by atoms with Crippen LogP contribution in [-0.4, -0.2) is 40.8 Å². The molecule has 0 radical (unpaired) electrons. The summed E-state index contributed by atoms with van der Waals surface area (Å²) in [5.74, 6) is -1.28. The summed E-state index contributed by atoms with van der Waals surface area (Å²) in [6.45, 7) is 2.92. The number of sulfonamides is 1. The molecule has 1 rings (SSSR count). The van der Waals surface area contributed by atoms with Crippen LogP contribution in [0.3, 0.4) is 0 Å². The Morgan fingerprint density at radius 1 is 1.24 bits per heavy atom. The molecule has 1 aromatic carbocycles. The molecule has 1 atom stereocenters. The van der Waals surface area contributed by atoms with Gasteiger partial charge < -0.3 is 5.11 Å². The predicted molar refractivity (Wildman–Crippen MR) is 75.5 cm³/mol. The first kappa shape index (κ1) is 18.0. The maximum atomic E-state index is 13.7. The number of rotatable bonds is 6. The smallest absolute Gasteiger partial charge is 0.243 e. The van der Waals surface area contributed by atoms with Crippen LogP contribution in [0.25, 0.3) is 0 Å². The molecule has 0 fully saturated rings. The number of aliphatic hydroxyl groups excluding tert-OH is 1. The highest BCUT2D eigenvalue weighted by Crippen LogP contribution is 2.20. The normalized spacial score (nSPS) is 14.4. The number of nitrogens with one attached hydrogen (secondary N) is 1. The zero-order valence-corrected chi connectivity index (χ0v) is 13.5. The summed E-state index contributed by atoms with van der Waals surface area (Å²) < 4.78 is 63.1. The fourth-order valence-corrected chi connectivity index (χ4v) is 3.77. The number of hydrogen-bond acceptors (Lipinski definition) is 5. The van der Waals surface area contributed by atoms with Gasteiger partial charge in [-0.05, 0) is 24.1 Å². The van der Waals surface area contributed by atoms with E-state index in [4.69, 9.17) is 5.11 Å². The highest BCUT2D eigenvalue weighted by atomic mass is 32.2. The van der Waals surface area contributed by atoms with Gasteiger partial charge in [-0.3, -0.25) is 0 Å². The van der Waals surface area contributed by atoms with Gasteiger partial charge in [-0.2, -0.15) is 0 Å². The Hall–Kier alpha value is -1.03. The van der Waals surface area contributed by atoms with Crippen LogP contribution in [-0.2, 0) is 19.9 Å². The van der Waals surface area contributed by atoms with E-state index < -0.39 is 43.2 Å². The van der Waals surface area contributed by atoms with Gasteiger partial charge in [0.2, 0.25) is 10.0 Å². The molecule has 0 aliphatic heterocycles. The van der Waals surface area contributed by atoms with Gasteiger partial charge in [-0.15, -0.1) is 0 Å². The molecule has 120 valence electrons. The lowest BCUT2D eigenvalue weighted by atomic mass is 10.1. The average Bonchev–Trinajstić information content (AvgIpc) is 2.34. The SMILES string of the molecule is CC(C)[C@@H](CO)NS(=O)(=O)c1cc(S(C)(=O)=O)ccc1F. The molecular weight excluding hydrogens is 321 g/mol. The number of hydrogen-bond donors (Lipinski definition) is 2. The molecule has 1 aromatic rings. The van der Waals surface area contributed by atoms with E-state index in [1.807, 2.05) is 0 Å². The van der Waals surface area contributed by atoms with Crippen molar-refractivity contribution in [1.29, 1.82) is 0 Å². The maximum absolute atomic E-state index is 13.7. The summed E-state index contributed by atoms with van der Waals surface area (Å²) in [6.07, 6.45) is 0.898. The Morgan fingerprint density at radius 2 is 1.81 bits per heavy atom. The Kier molecular flexibility index (Phi) is 5.48. The maximum Gasteiger partial charge on any atom is 0.243 e. The van der Waals surface area contributed by atoms with Crippen LogP contribution < -0.4 is 4.72 Å². The van der Waals surface area contributed by atoms with Crippen LogP contribution >= 0.6 is 0 Å². The van der Waals surface area contributed by atoms with Gasteiger partial charge in [-0.25, -0.2) is 25.9 Å². The molecule has 6 nitrogen and oxygen atoms in total. The summed E-state index contributed by atoms with van der Waals surface area (Å²) in [5.41, 5.74) is 0. The standard InChI is InChI=1S/C12H18FNO5S2/c1-8(2)11(7-15)14-21(18,19)12-6-9(20(3,16)17)4-5-10(12)13/h4-6,8,11,14-15H,7H2,1-3H3/t11-/m1/s1. The average molecular weight is 339 g/mol. The first-order valence-electron chi connectivity index (χ1n) is 6.12. The Morgan fingerprint density at radius 3 is 2.24 bits per heavy atom. The Balaban J connectivity index is 3.31. The molecule has 0 aromatic heterocycles. The van der Waals surface area contributed by atoms with Gasteiger partial charge in [0.15, 0.2) is 9.84 Å². The molecule has 0 saturated heterocycles. The summed E-state index contributed by atoms with van der Waals surface area (Å²) in [6, 6.07) is 1.75. The summed E-state index contributed by atoms with van der Waals surface area (Å²) >= 11 is 0. The van der Waals surface area contributed by atoms with Gasteiger partial charge in [0.05, 0.1) is 11.5 Å². The first-order valence-corrected chi connectivity index (χ1v) is 9.49. The molecule has 0 amide bonds. The zero-order chi connectivity index (χ0) is 16.4. The Labute approximate surface area is 124 Å². The van der Waals surface area contributed by atoms with Crippen LogP contribution in [0.15, 0.2) is 28.0 Å². The van der Waals surface area contributed by atoms with Crippen molar-refractivity contribution in [3.8, 4) is 0 Å². The number of sulfone groups is 1. The first-order chi connectivity index (χ1) is 9.49. The third-order valence-corrected chi connectivity index (χ3v) is 5.54. The third-order valence-electron chi connectivity index (χ3n) is 2.93. The van der Waals surface area contributed by atoms with Gasteiger partial charge in [0.1, 0.15) is 10.7 Å². The number of halogens is 1. The third kappa shape index (κ3) is 4.47. The quantitative estimate of drug-likeness (QED) is 0.736. The van der Waals surface area contributed by atoms with Crippen molar-refractivity contribution < 1.29 is 26.3 Å². The number of benzene rings is 1. The topological polar surface area (TPSA) is 101 Å². The van der Waals surface area contributed by atoms with E-state index >= 15 is 0 Å². The van der Waals surface area contributed by atoms with E-state index in [1.54, 1.807) is 13.8 Å². The molecule has 0 aliphatic rings. The van der Waals surface area contributed by atoms with Crippen LogP contribution in [0.2, 0.25) is 0 Å². The van der Waals surface area contributed by atoms with E-state index in [0.717, 1.165) is 24.5 Å². The van der Waals surface area contributed by atoms with E-state index in [1.165, 1.54) is 0 Å². The summed E-state index contributed by atoms with van der Waals surface area (Å²) in [4.78, 5) is -1.06. The molecule has 0 aliphatic carbocycles. The molecule has 0 heterocycles. The van der Waals surface area contributed by atoms with Crippen molar-refractivity contribution in [1.82, 2.24) is 4.72 Å². The molecule has 0 unspecified atom stereocenters. The van der Waals surface area contributed by atoms with Crippen LogP contribution in [0.4, 0.5) is 4.39 Å². The lowest BCUT2D eigenvalue weighted by molar-refractivity contribution is 0.227. The van der Waals surface area contributed by atoms with Gasteiger partial charge in [0, 0.05) is 12.3 Å². The lowest BCUT2D eigenvalue weighted by Gasteiger charge is -2.20. The van der Waals surface area contributed by atoms with Crippen molar-refractivity contribution in [3.63, 3.8) is 0 Å². The van der Waals surface area contributed by atoms with Crippen molar-refractivity contribution >= 4 is 19.9 Å². The Bertz CT molecular complexity index is 713. The molecule has 2 N–H and O–H groups in total. The molecular formula is C12H18FNO5S2. The molecule has 0 saturated carbocycles. The van der Waals surface area contributed by atoms with E-state index in [9.17, 15) is 21.2 Å². The second-order valence-corrected chi connectivity index (χ2v) is 8.72. The van der Waals surface area contributed by atoms with Crippen molar-refractivity contribution in [3.05, 3.63) is 24.0 Å². The summed E-state index contributed by atoms with van der Waals surface area (Å²) in [7, 11) is -7.94. The van der Waals surface area contributed by atoms with Crippen molar-refractivity contribution in [2.45, 2.75) is 29.7 Å². The molecule has 0 bridgehead atoms. The minimum atomic E-state index is -4.28. The number of aliphatic hydroxyl groups is 1. The molecule has 21 heavy (non-hydrogen) atoms. The van der Waals surface area contributed by atoms with Gasteiger partial charge in [0.25, 0.3) is 0 Å². The second kappa shape index (κ2) is 6.39. The van der Waals surface area contributed by atoms with E-state index in [-0.39, 0.29) is 10.8 Å². The predicted octanol–water partition coefficient (Wildman–Crippen LogP) is 0.524. The van der Waals surface area contributed by atoms with Crippen LogP contribution in [0.1, 0.15) is 13.8 Å². The largest absolute Gasteiger partial charge is 0.395 e. The van der Waals surface area contributed by atoms with Crippen molar-refractivity contribution in [2.75, 3.05) is 12.9 Å². The monoisotopic (exact) mass is 339 g/mol. The lowest BCUT2D eigenvalue weighted by Crippen LogP contribution is -2.41. The second-order valence-electron chi connectivity index (χ2n) is 5.02. The minimum absolute atomic E-state index is 0.217. The fourth-order valence-electron chi connectivity index (χ4n) is 1.57. The van der Waals surface area contributed by atoms with Crippen LogP contribution in [0.5, 0.6) is 0 Å². The van der Waals surface area contributed by atoms with E-state index in [0.29, 0.717) is 0 Å².